The van der Waals surface area contributed by atoms with Gasteiger partial charge in [-0.2, -0.15) is 0 Å². The Labute approximate surface area is 184 Å². The lowest BCUT2D eigenvalue weighted by molar-refractivity contribution is -0.132. The molecule has 31 heavy (non-hydrogen) atoms. The number of methoxy groups -OCH3 is 1. The van der Waals surface area contributed by atoms with Crippen LogP contribution >= 0.6 is 0 Å². The number of rotatable bonds is 8. The fourth-order valence-electron chi connectivity index (χ4n) is 3.95. The lowest BCUT2D eigenvalue weighted by Gasteiger charge is -2.32. The summed E-state index contributed by atoms with van der Waals surface area (Å²) in [7, 11) is 1.56. The Balaban J connectivity index is 1.39. The third-order valence-electron chi connectivity index (χ3n) is 5.72. The highest BCUT2D eigenvalue weighted by molar-refractivity contribution is 5.97. The van der Waals surface area contributed by atoms with Crippen LogP contribution in [-0.2, 0) is 4.79 Å². The highest BCUT2D eigenvalue weighted by atomic mass is 16.5. The number of hydrogen-bond donors (Lipinski definition) is 1. The summed E-state index contributed by atoms with van der Waals surface area (Å²) in [5.41, 5.74) is 2.76. The minimum atomic E-state index is -0.133. The summed E-state index contributed by atoms with van der Waals surface area (Å²) in [5, 5.41) is 3.07. The summed E-state index contributed by atoms with van der Waals surface area (Å²) in [6, 6.07) is 13.3. The number of nitrogens with one attached hydrogen (secondary N) is 1. The Bertz CT molecular complexity index is 884. The van der Waals surface area contributed by atoms with E-state index in [-0.39, 0.29) is 17.9 Å². The van der Waals surface area contributed by atoms with Crippen LogP contribution in [0.25, 0.3) is 0 Å². The van der Waals surface area contributed by atoms with Crippen LogP contribution < -0.4 is 14.8 Å². The fraction of sp³-hybridized carbons (Fsp3) is 0.440. The summed E-state index contributed by atoms with van der Waals surface area (Å²) >= 11 is 0. The van der Waals surface area contributed by atoms with E-state index in [1.807, 2.05) is 49.1 Å². The van der Waals surface area contributed by atoms with Crippen molar-refractivity contribution in [3.05, 3.63) is 59.2 Å². The lowest BCUT2D eigenvalue weighted by atomic mass is 10.0. The molecule has 0 saturated carbocycles. The summed E-state index contributed by atoms with van der Waals surface area (Å²) in [5.74, 6) is 1.50. The van der Waals surface area contributed by atoms with E-state index in [9.17, 15) is 9.59 Å². The molecule has 1 aliphatic rings. The Kier molecular flexibility index (Phi) is 7.93. The number of aryl methyl sites for hydroxylation is 2. The van der Waals surface area contributed by atoms with Crippen LogP contribution in [0, 0.1) is 13.8 Å². The molecule has 2 aromatic rings. The van der Waals surface area contributed by atoms with Crippen molar-refractivity contribution in [2.75, 3.05) is 26.8 Å². The Morgan fingerprint density at radius 1 is 1.03 bits per heavy atom. The maximum atomic E-state index is 12.6. The molecule has 0 radical (unpaired) electrons. The van der Waals surface area contributed by atoms with E-state index in [1.165, 1.54) is 0 Å². The van der Waals surface area contributed by atoms with Crippen molar-refractivity contribution >= 4 is 11.8 Å². The number of benzene rings is 2. The van der Waals surface area contributed by atoms with Gasteiger partial charge in [0.15, 0.2) is 0 Å². The Morgan fingerprint density at radius 2 is 1.71 bits per heavy atom. The molecule has 0 atom stereocenters. The monoisotopic (exact) mass is 424 g/mol. The zero-order valence-corrected chi connectivity index (χ0v) is 18.6. The van der Waals surface area contributed by atoms with E-state index < -0.39 is 0 Å². The van der Waals surface area contributed by atoms with Crippen LogP contribution in [0.15, 0.2) is 42.5 Å². The van der Waals surface area contributed by atoms with Gasteiger partial charge >= 0.3 is 0 Å². The number of piperidine rings is 1. The number of hydrogen-bond acceptors (Lipinski definition) is 4. The number of amides is 2. The molecule has 1 fully saturated rings. The van der Waals surface area contributed by atoms with Gasteiger partial charge in [-0.05, 0) is 56.4 Å². The van der Waals surface area contributed by atoms with Gasteiger partial charge in [0.1, 0.15) is 11.5 Å². The normalized spacial score (nSPS) is 14.2. The van der Waals surface area contributed by atoms with Gasteiger partial charge in [0.25, 0.3) is 5.91 Å². The first-order valence-corrected chi connectivity index (χ1v) is 10.9. The molecule has 0 unspecified atom stereocenters. The van der Waals surface area contributed by atoms with Gasteiger partial charge in [-0.1, -0.05) is 30.3 Å². The van der Waals surface area contributed by atoms with E-state index in [0.29, 0.717) is 43.9 Å². The van der Waals surface area contributed by atoms with Crippen LogP contribution in [0.2, 0.25) is 0 Å². The molecule has 0 aliphatic carbocycles. The van der Waals surface area contributed by atoms with Gasteiger partial charge in [-0.15, -0.1) is 0 Å². The first-order valence-electron chi connectivity index (χ1n) is 10.9. The maximum Gasteiger partial charge on any atom is 0.255 e. The molecule has 1 N–H and O–H groups in total. The second-order valence-electron chi connectivity index (χ2n) is 8.00. The fourth-order valence-corrected chi connectivity index (χ4v) is 3.95. The number of likely N-dealkylation sites (tertiary alicyclic amines) is 1. The van der Waals surface area contributed by atoms with Crippen molar-refractivity contribution in [1.29, 1.82) is 0 Å². The molecule has 6 heteroatoms. The number of para-hydroxylation sites is 2. The topological polar surface area (TPSA) is 67.9 Å². The first kappa shape index (κ1) is 22.7. The third-order valence-corrected chi connectivity index (χ3v) is 5.72. The maximum absolute atomic E-state index is 12.6. The molecule has 0 bridgehead atoms. The summed E-state index contributed by atoms with van der Waals surface area (Å²) in [4.78, 5) is 27.0. The predicted molar refractivity (Wildman–Crippen MR) is 121 cm³/mol. The van der Waals surface area contributed by atoms with Crippen molar-refractivity contribution in [2.45, 2.75) is 45.6 Å². The SMILES string of the molecule is COc1ccccc1C(=O)NC1CCN(C(=O)CCCOc2c(C)cccc2C)CC1. The van der Waals surface area contributed by atoms with Gasteiger partial charge < -0.3 is 19.7 Å². The average molecular weight is 425 g/mol. The zero-order valence-electron chi connectivity index (χ0n) is 18.6. The van der Waals surface area contributed by atoms with E-state index in [4.69, 9.17) is 9.47 Å². The second-order valence-corrected chi connectivity index (χ2v) is 8.00. The smallest absolute Gasteiger partial charge is 0.255 e. The molecule has 1 saturated heterocycles. The van der Waals surface area contributed by atoms with E-state index in [1.54, 1.807) is 19.2 Å². The molecule has 3 rings (SSSR count). The van der Waals surface area contributed by atoms with Crippen LogP contribution in [0.1, 0.15) is 47.2 Å². The number of carbonyl (C=O) groups excluding carboxylic acids is 2. The minimum absolute atomic E-state index is 0.0637. The molecular weight excluding hydrogens is 392 g/mol. The Hall–Kier alpha value is -3.02. The van der Waals surface area contributed by atoms with Gasteiger partial charge in [0.05, 0.1) is 19.3 Å². The van der Waals surface area contributed by atoms with E-state index in [0.717, 1.165) is 29.7 Å². The molecule has 2 aromatic carbocycles. The molecule has 1 heterocycles. The molecule has 166 valence electrons. The van der Waals surface area contributed by atoms with Crippen LogP contribution in [0.5, 0.6) is 11.5 Å². The molecular formula is C25H32N2O4. The highest BCUT2D eigenvalue weighted by Gasteiger charge is 2.24. The molecule has 6 nitrogen and oxygen atoms in total. The van der Waals surface area contributed by atoms with Gasteiger partial charge in [-0.25, -0.2) is 0 Å². The summed E-state index contributed by atoms with van der Waals surface area (Å²) < 4.78 is 11.2. The standard InChI is InChI=1S/C25H32N2O4/c1-18-8-6-9-19(2)24(18)31-17-7-12-23(28)27-15-13-20(14-16-27)26-25(29)21-10-4-5-11-22(21)30-3/h4-6,8-11,20H,7,12-17H2,1-3H3,(H,26,29). The third kappa shape index (κ3) is 6.00. The van der Waals surface area contributed by atoms with Crippen LogP contribution in [-0.4, -0.2) is 49.6 Å². The predicted octanol–water partition coefficient (Wildman–Crippen LogP) is 3.89. The van der Waals surface area contributed by atoms with Crippen LogP contribution in [0.3, 0.4) is 0 Å². The highest BCUT2D eigenvalue weighted by Crippen LogP contribution is 2.23. The largest absolute Gasteiger partial charge is 0.496 e. The lowest BCUT2D eigenvalue weighted by Crippen LogP contribution is -2.46. The van der Waals surface area contributed by atoms with Crippen molar-refractivity contribution in [1.82, 2.24) is 10.2 Å². The van der Waals surface area contributed by atoms with Gasteiger partial charge in [-0.3, -0.25) is 9.59 Å². The summed E-state index contributed by atoms with van der Waals surface area (Å²) in [6.45, 7) is 5.92. The van der Waals surface area contributed by atoms with E-state index >= 15 is 0 Å². The van der Waals surface area contributed by atoms with Crippen molar-refractivity contribution in [3.63, 3.8) is 0 Å². The first-order chi connectivity index (χ1) is 15.0. The number of nitrogens with zero attached hydrogens (tertiary/aromatic N) is 1. The quantitative estimate of drug-likeness (QED) is 0.653. The molecule has 0 spiro atoms. The van der Waals surface area contributed by atoms with Gasteiger partial charge in [0.2, 0.25) is 5.91 Å². The summed E-state index contributed by atoms with van der Waals surface area (Å²) in [6.07, 6.45) is 2.68. The van der Waals surface area contributed by atoms with Crippen molar-refractivity contribution < 1.29 is 19.1 Å². The second kappa shape index (κ2) is 10.8. The van der Waals surface area contributed by atoms with Crippen molar-refractivity contribution in [2.24, 2.45) is 0 Å². The van der Waals surface area contributed by atoms with E-state index in [2.05, 4.69) is 5.32 Å². The minimum Gasteiger partial charge on any atom is -0.496 e. The Morgan fingerprint density at radius 3 is 2.39 bits per heavy atom. The zero-order chi connectivity index (χ0) is 22.2. The molecule has 1 aliphatic heterocycles. The molecule has 0 aromatic heterocycles. The van der Waals surface area contributed by atoms with Crippen LogP contribution in [0.4, 0.5) is 0 Å². The number of ether oxygens (including phenoxy) is 2. The molecule has 2 amide bonds. The van der Waals surface area contributed by atoms with Crippen molar-refractivity contribution in [3.8, 4) is 11.5 Å². The average Bonchev–Trinajstić information content (AvgIpc) is 2.78. The van der Waals surface area contributed by atoms with Gasteiger partial charge in [0, 0.05) is 25.6 Å². The number of carbonyl (C=O) groups is 2.